The molecule has 1 aliphatic rings. The molecule has 6 nitrogen and oxygen atoms in total. The van der Waals surface area contributed by atoms with Crippen LogP contribution in [0.5, 0.6) is 0 Å². The summed E-state index contributed by atoms with van der Waals surface area (Å²) in [5, 5.41) is 6.15. The predicted octanol–water partition coefficient (Wildman–Crippen LogP) is 2.56. The number of carbonyl (C=O) groups excluding carboxylic acids is 1. The Morgan fingerprint density at radius 2 is 1.96 bits per heavy atom. The van der Waals surface area contributed by atoms with Crippen molar-refractivity contribution >= 4 is 27.3 Å². The summed E-state index contributed by atoms with van der Waals surface area (Å²) in [5.74, 6) is 0.715. The van der Waals surface area contributed by atoms with Gasteiger partial charge in [-0.3, -0.25) is 9.52 Å². The average molecular weight is 353 g/mol. The zero-order valence-electron chi connectivity index (χ0n) is 14.2. The maximum atomic E-state index is 12.0. The molecule has 1 aromatic rings. The maximum Gasteiger partial charge on any atom is 0.232 e. The number of sulfonamides is 1. The van der Waals surface area contributed by atoms with Gasteiger partial charge >= 0.3 is 0 Å². The number of benzene rings is 1. The van der Waals surface area contributed by atoms with Crippen LogP contribution in [-0.4, -0.2) is 33.2 Å². The first-order valence-corrected chi connectivity index (χ1v) is 10.2. The minimum atomic E-state index is -3.29. The van der Waals surface area contributed by atoms with Gasteiger partial charge < -0.3 is 10.6 Å². The number of amides is 1. The fourth-order valence-corrected chi connectivity index (χ4v) is 3.97. The van der Waals surface area contributed by atoms with Crippen LogP contribution >= 0.6 is 0 Å². The molecular weight excluding hydrogens is 326 g/mol. The largest absolute Gasteiger partial charge is 0.326 e. The van der Waals surface area contributed by atoms with Crippen LogP contribution < -0.4 is 15.4 Å². The molecule has 1 heterocycles. The molecule has 1 saturated heterocycles. The monoisotopic (exact) mass is 353 g/mol. The second-order valence-electron chi connectivity index (χ2n) is 6.30. The van der Waals surface area contributed by atoms with Gasteiger partial charge in [-0.05, 0) is 62.5 Å². The number of hydrogen-bond acceptors (Lipinski definition) is 4. The lowest BCUT2D eigenvalue weighted by Crippen LogP contribution is -2.17. The minimum Gasteiger partial charge on any atom is -0.326 e. The molecule has 24 heavy (non-hydrogen) atoms. The number of unbranched alkanes of at least 4 members (excludes halogenated alkanes) is 1. The Labute approximate surface area is 144 Å². The lowest BCUT2D eigenvalue weighted by molar-refractivity contribution is -0.116. The number of anilines is 2. The highest BCUT2D eigenvalue weighted by Crippen LogP contribution is 2.17. The van der Waals surface area contributed by atoms with E-state index in [1.165, 1.54) is 0 Å². The van der Waals surface area contributed by atoms with Crippen molar-refractivity contribution in [2.24, 2.45) is 5.92 Å². The summed E-state index contributed by atoms with van der Waals surface area (Å²) in [5.41, 5.74) is 1.20. The topological polar surface area (TPSA) is 87.3 Å². The lowest BCUT2D eigenvalue weighted by atomic mass is 10.0. The van der Waals surface area contributed by atoms with Crippen LogP contribution in [0.25, 0.3) is 0 Å². The van der Waals surface area contributed by atoms with E-state index in [1.54, 1.807) is 24.3 Å². The standard InChI is InChI=1S/C17H27N3O3S/c1-2-3-12-24(22,23)20-16-7-5-15(6-8-16)19-17(21)9-4-14-10-11-18-13-14/h5-8,14,18,20H,2-4,9-13H2,1H3,(H,19,21). The summed E-state index contributed by atoms with van der Waals surface area (Å²) >= 11 is 0. The van der Waals surface area contributed by atoms with Gasteiger partial charge in [-0.25, -0.2) is 8.42 Å². The Bertz CT molecular complexity index is 623. The molecule has 1 amide bonds. The van der Waals surface area contributed by atoms with Gasteiger partial charge in [-0.2, -0.15) is 0 Å². The van der Waals surface area contributed by atoms with Crippen molar-refractivity contribution in [3.63, 3.8) is 0 Å². The first-order chi connectivity index (χ1) is 11.5. The van der Waals surface area contributed by atoms with Crippen LogP contribution in [0, 0.1) is 5.92 Å². The molecule has 1 aromatic carbocycles. The van der Waals surface area contributed by atoms with E-state index in [-0.39, 0.29) is 11.7 Å². The van der Waals surface area contributed by atoms with Gasteiger partial charge in [0.15, 0.2) is 0 Å². The second kappa shape index (κ2) is 9.03. The third-order valence-electron chi connectivity index (χ3n) is 4.15. The van der Waals surface area contributed by atoms with Crippen LogP contribution in [0.4, 0.5) is 11.4 Å². The average Bonchev–Trinajstić information content (AvgIpc) is 3.06. The van der Waals surface area contributed by atoms with E-state index in [4.69, 9.17) is 0 Å². The molecule has 7 heteroatoms. The minimum absolute atomic E-state index is 0.00169. The SMILES string of the molecule is CCCCS(=O)(=O)Nc1ccc(NC(=O)CCC2CCNC2)cc1. The molecular formula is C17H27N3O3S. The lowest BCUT2D eigenvalue weighted by Gasteiger charge is -2.10. The van der Waals surface area contributed by atoms with E-state index < -0.39 is 10.0 Å². The van der Waals surface area contributed by atoms with Crippen molar-refractivity contribution in [1.29, 1.82) is 0 Å². The van der Waals surface area contributed by atoms with Crippen LogP contribution in [0.2, 0.25) is 0 Å². The Hall–Kier alpha value is -1.60. The molecule has 0 saturated carbocycles. The summed E-state index contributed by atoms with van der Waals surface area (Å²) in [7, 11) is -3.29. The Morgan fingerprint density at radius 1 is 1.25 bits per heavy atom. The number of hydrogen-bond donors (Lipinski definition) is 3. The maximum absolute atomic E-state index is 12.0. The summed E-state index contributed by atoms with van der Waals surface area (Å²) in [6, 6.07) is 6.76. The van der Waals surface area contributed by atoms with Gasteiger partial charge in [0.05, 0.1) is 5.75 Å². The van der Waals surface area contributed by atoms with Crippen molar-refractivity contribution in [3.05, 3.63) is 24.3 Å². The smallest absolute Gasteiger partial charge is 0.232 e. The fraction of sp³-hybridized carbons (Fsp3) is 0.588. The molecule has 1 fully saturated rings. The van der Waals surface area contributed by atoms with Gasteiger partial charge in [0.25, 0.3) is 0 Å². The van der Waals surface area contributed by atoms with Gasteiger partial charge in [0, 0.05) is 17.8 Å². The van der Waals surface area contributed by atoms with Crippen molar-refractivity contribution < 1.29 is 13.2 Å². The molecule has 0 bridgehead atoms. The summed E-state index contributed by atoms with van der Waals surface area (Å²) in [6.07, 6.45) is 4.02. The van der Waals surface area contributed by atoms with E-state index in [0.29, 0.717) is 30.1 Å². The molecule has 1 aliphatic heterocycles. The molecule has 1 unspecified atom stereocenters. The quantitative estimate of drug-likeness (QED) is 0.637. The third-order valence-corrected chi connectivity index (χ3v) is 5.52. The van der Waals surface area contributed by atoms with Crippen molar-refractivity contribution in [3.8, 4) is 0 Å². The normalized spacial score (nSPS) is 17.6. The van der Waals surface area contributed by atoms with Crippen molar-refractivity contribution in [2.75, 3.05) is 28.9 Å². The van der Waals surface area contributed by atoms with Gasteiger partial charge in [0.1, 0.15) is 0 Å². The second-order valence-corrected chi connectivity index (χ2v) is 8.14. The zero-order chi connectivity index (χ0) is 17.4. The number of nitrogens with one attached hydrogen (secondary N) is 3. The Kier molecular flexibility index (Phi) is 7.05. The highest BCUT2D eigenvalue weighted by atomic mass is 32.2. The first-order valence-electron chi connectivity index (χ1n) is 8.59. The van der Waals surface area contributed by atoms with Crippen LogP contribution in [0.3, 0.4) is 0 Å². The molecule has 0 spiro atoms. The Morgan fingerprint density at radius 3 is 2.58 bits per heavy atom. The van der Waals surface area contributed by atoms with Crippen LogP contribution in [0.15, 0.2) is 24.3 Å². The molecule has 0 radical (unpaired) electrons. The van der Waals surface area contributed by atoms with Crippen LogP contribution in [0.1, 0.15) is 39.0 Å². The molecule has 134 valence electrons. The number of carbonyl (C=O) groups is 1. The molecule has 3 N–H and O–H groups in total. The van der Waals surface area contributed by atoms with E-state index in [2.05, 4.69) is 15.4 Å². The van der Waals surface area contributed by atoms with Gasteiger partial charge in [-0.1, -0.05) is 13.3 Å². The highest BCUT2D eigenvalue weighted by molar-refractivity contribution is 7.92. The summed E-state index contributed by atoms with van der Waals surface area (Å²) in [4.78, 5) is 12.0. The van der Waals surface area contributed by atoms with Crippen molar-refractivity contribution in [1.82, 2.24) is 5.32 Å². The third kappa shape index (κ3) is 6.49. The summed E-state index contributed by atoms with van der Waals surface area (Å²) < 4.78 is 26.2. The molecule has 2 rings (SSSR count). The van der Waals surface area contributed by atoms with E-state index in [1.807, 2.05) is 6.92 Å². The number of rotatable bonds is 9. The van der Waals surface area contributed by atoms with Gasteiger partial charge in [-0.15, -0.1) is 0 Å². The van der Waals surface area contributed by atoms with E-state index in [0.717, 1.165) is 32.4 Å². The molecule has 1 atom stereocenters. The van der Waals surface area contributed by atoms with Crippen molar-refractivity contribution in [2.45, 2.75) is 39.0 Å². The molecule has 0 aromatic heterocycles. The zero-order valence-corrected chi connectivity index (χ0v) is 15.0. The summed E-state index contributed by atoms with van der Waals surface area (Å²) in [6.45, 7) is 4.00. The van der Waals surface area contributed by atoms with Gasteiger partial charge in [0.2, 0.25) is 15.9 Å². The van der Waals surface area contributed by atoms with E-state index in [9.17, 15) is 13.2 Å². The predicted molar refractivity (Wildman–Crippen MR) is 97.6 cm³/mol. The van der Waals surface area contributed by atoms with E-state index >= 15 is 0 Å². The Balaban J connectivity index is 1.79. The van der Waals surface area contributed by atoms with Crippen LogP contribution in [-0.2, 0) is 14.8 Å². The molecule has 0 aliphatic carbocycles. The highest BCUT2D eigenvalue weighted by Gasteiger charge is 2.15. The fourth-order valence-electron chi connectivity index (χ4n) is 2.71. The first kappa shape index (κ1) is 18.7.